The van der Waals surface area contributed by atoms with Crippen molar-refractivity contribution in [2.45, 2.75) is 0 Å². The van der Waals surface area contributed by atoms with E-state index in [4.69, 9.17) is 39.2 Å². The summed E-state index contributed by atoms with van der Waals surface area (Å²) in [5.74, 6) is 0. The Labute approximate surface area is 291 Å². The molecule has 0 fully saturated rings. The van der Waals surface area contributed by atoms with Crippen LogP contribution in [0.2, 0.25) is 0 Å². The molecule has 0 saturated carbocycles. The summed E-state index contributed by atoms with van der Waals surface area (Å²) < 4.78 is 4.38. The lowest BCUT2D eigenvalue weighted by atomic mass is 9.61. The summed E-state index contributed by atoms with van der Waals surface area (Å²) in [5, 5.41) is 4.51. The Kier molecular flexibility index (Phi) is 6.81. The Balaban J connectivity index is 1.21. The highest BCUT2D eigenvalue weighted by molar-refractivity contribution is 6.68. The topological polar surface area (TPSA) is 9.86 Å². The molecule has 0 aliphatic heterocycles. The second kappa shape index (κ2) is 11.3. The molecular formula is C42H23B5N2. The minimum Gasteiger partial charge on any atom is -0.310 e. The largest absolute Gasteiger partial charge is 0.310 e. The molecule has 9 rings (SSSR count). The molecule has 0 aliphatic rings. The van der Waals surface area contributed by atoms with Gasteiger partial charge in [0.1, 0.15) is 39.2 Å². The van der Waals surface area contributed by atoms with Gasteiger partial charge in [0.15, 0.2) is 0 Å². The number of rotatable bonds is 4. The zero-order chi connectivity index (χ0) is 33.4. The maximum Gasteiger partial charge on any atom is 0.115 e. The monoisotopic (exact) mass is 610 g/mol. The van der Waals surface area contributed by atoms with Crippen molar-refractivity contribution in [3.8, 4) is 33.6 Å². The van der Waals surface area contributed by atoms with Crippen LogP contribution in [0.4, 0.5) is 0 Å². The van der Waals surface area contributed by atoms with Gasteiger partial charge in [0.2, 0.25) is 0 Å². The molecule has 2 aromatic heterocycles. The highest BCUT2D eigenvalue weighted by atomic mass is 15.0. The van der Waals surface area contributed by atoms with E-state index < -0.39 is 0 Å². The van der Waals surface area contributed by atoms with Gasteiger partial charge in [0.25, 0.3) is 0 Å². The Morgan fingerprint density at radius 2 is 0.714 bits per heavy atom. The van der Waals surface area contributed by atoms with Crippen LogP contribution in [-0.2, 0) is 0 Å². The van der Waals surface area contributed by atoms with Crippen molar-refractivity contribution in [3.05, 3.63) is 140 Å². The first-order valence-corrected chi connectivity index (χ1v) is 16.1. The van der Waals surface area contributed by atoms with Crippen LogP contribution in [0.15, 0.2) is 140 Å². The van der Waals surface area contributed by atoms with Gasteiger partial charge < -0.3 is 9.13 Å². The maximum atomic E-state index is 6.56. The third-order valence-electron chi connectivity index (χ3n) is 9.81. The minimum atomic E-state index is 0.197. The first-order chi connectivity index (χ1) is 23.9. The van der Waals surface area contributed by atoms with E-state index in [9.17, 15) is 0 Å². The van der Waals surface area contributed by atoms with Gasteiger partial charge in [-0.25, -0.2) is 0 Å². The fraction of sp³-hybridized carbons (Fsp3) is 0. The standard InChI is InChI=1S/C42H23B5N2/c43-37-38(44)40(46)42(41(47)39(37)45)49-34-13-7-5-11-30(34)32-23-27(17-21-36(32)49)26-16-20-35-31(22-26)29-10-4-6-12-33(29)48(35)28-18-14-25(15-19-28)24-8-2-1-3-9-24/h1-23H. The number of nitrogens with zero attached hydrogens (tertiary/aromatic N) is 2. The van der Waals surface area contributed by atoms with Gasteiger partial charge in [-0.15, -0.1) is 16.4 Å². The number of para-hydroxylation sites is 2. The number of fused-ring (bicyclic) bond motifs is 6. The van der Waals surface area contributed by atoms with Gasteiger partial charge in [0.05, 0.1) is 22.1 Å². The van der Waals surface area contributed by atoms with Crippen molar-refractivity contribution >= 4 is 110 Å². The molecule has 0 N–H and O–H groups in total. The lowest BCUT2D eigenvalue weighted by Gasteiger charge is -2.23. The van der Waals surface area contributed by atoms with E-state index >= 15 is 0 Å². The van der Waals surface area contributed by atoms with Gasteiger partial charge in [-0.2, -0.15) is 0 Å². The molecule has 7 aromatic carbocycles. The molecule has 0 unspecified atom stereocenters. The molecule has 9 aromatic rings. The molecule has 0 amide bonds. The van der Waals surface area contributed by atoms with Crippen LogP contribution >= 0.6 is 0 Å². The Hall–Kier alpha value is -5.54. The SMILES string of the molecule is [B]c1c([B])c([B])c(-n2c3ccccc3c3cc(-c4ccc5c(c4)c4ccccc4n5-c4ccc(-c5ccccc5)cc4)ccc32)c([B])c1[B]. The van der Waals surface area contributed by atoms with Gasteiger partial charge in [-0.3, -0.25) is 0 Å². The molecular weight excluding hydrogens is 587 g/mol. The van der Waals surface area contributed by atoms with E-state index in [2.05, 4.69) is 120 Å². The zero-order valence-corrected chi connectivity index (χ0v) is 26.6. The quantitative estimate of drug-likeness (QED) is 0.244. The highest BCUT2D eigenvalue weighted by Gasteiger charge is 2.19. The van der Waals surface area contributed by atoms with E-state index in [1.807, 2.05) is 28.8 Å². The van der Waals surface area contributed by atoms with Crippen LogP contribution in [0, 0.1) is 0 Å². The lowest BCUT2D eigenvalue weighted by Crippen LogP contribution is -2.56. The summed E-state index contributed by atoms with van der Waals surface area (Å²) in [7, 11) is 31.9. The smallest absolute Gasteiger partial charge is 0.115 e. The first kappa shape index (κ1) is 29.6. The van der Waals surface area contributed by atoms with Crippen LogP contribution in [0.3, 0.4) is 0 Å². The Morgan fingerprint density at radius 3 is 1.29 bits per heavy atom. The van der Waals surface area contributed by atoms with E-state index in [0.717, 1.165) is 49.7 Å². The Morgan fingerprint density at radius 1 is 0.306 bits per heavy atom. The van der Waals surface area contributed by atoms with Gasteiger partial charge in [-0.05, 0) is 70.8 Å². The predicted octanol–water partition coefficient (Wildman–Crippen LogP) is 5.18. The molecule has 7 heteroatoms. The lowest BCUT2D eigenvalue weighted by molar-refractivity contribution is 1.18. The highest BCUT2D eigenvalue weighted by Crippen LogP contribution is 2.38. The third kappa shape index (κ3) is 4.49. The van der Waals surface area contributed by atoms with E-state index in [1.165, 1.54) is 21.9 Å². The summed E-state index contributed by atoms with van der Waals surface area (Å²) in [5.41, 5.74) is 11.7. The summed E-state index contributed by atoms with van der Waals surface area (Å²) in [6.45, 7) is 0. The number of aromatic nitrogens is 2. The normalized spacial score (nSPS) is 11.7. The molecule has 2 nitrogen and oxygen atoms in total. The van der Waals surface area contributed by atoms with Gasteiger partial charge in [-0.1, -0.05) is 102 Å². The van der Waals surface area contributed by atoms with Crippen LogP contribution < -0.4 is 27.3 Å². The molecule has 216 valence electrons. The van der Waals surface area contributed by atoms with Crippen LogP contribution in [0.25, 0.3) is 77.2 Å². The van der Waals surface area contributed by atoms with Gasteiger partial charge in [0, 0.05) is 32.9 Å². The maximum absolute atomic E-state index is 6.56. The molecule has 2 heterocycles. The molecule has 0 atom stereocenters. The molecule has 0 aliphatic carbocycles. The van der Waals surface area contributed by atoms with E-state index in [1.54, 1.807) is 0 Å². The van der Waals surface area contributed by atoms with Crippen LogP contribution in [0.1, 0.15) is 0 Å². The van der Waals surface area contributed by atoms with Crippen molar-refractivity contribution < 1.29 is 0 Å². The fourth-order valence-corrected chi connectivity index (χ4v) is 7.33. The van der Waals surface area contributed by atoms with Crippen molar-refractivity contribution in [3.63, 3.8) is 0 Å². The zero-order valence-electron chi connectivity index (χ0n) is 26.6. The summed E-state index contributed by atoms with van der Waals surface area (Å²) in [4.78, 5) is 0. The molecule has 10 radical (unpaired) electrons. The second-order valence-corrected chi connectivity index (χ2v) is 12.5. The van der Waals surface area contributed by atoms with Crippen molar-refractivity contribution in [2.24, 2.45) is 0 Å². The third-order valence-corrected chi connectivity index (χ3v) is 9.81. The van der Waals surface area contributed by atoms with Crippen molar-refractivity contribution in [1.82, 2.24) is 9.13 Å². The van der Waals surface area contributed by atoms with Crippen molar-refractivity contribution in [1.29, 1.82) is 0 Å². The number of benzene rings is 7. The summed E-state index contributed by atoms with van der Waals surface area (Å²) >= 11 is 0. The Bertz CT molecular complexity index is 2730. The predicted molar refractivity (Wildman–Crippen MR) is 213 cm³/mol. The molecule has 49 heavy (non-hydrogen) atoms. The molecule has 0 saturated heterocycles. The molecule has 0 spiro atoms. The average Bonchev–Trinajstić information content (AvgIpc) is 3.66. The summed E-state index contributed by atoms with van der Waals surface area (Å²) in [6.07, 6.45) is 0. The van der Waals surface area contributed by atoms with E-state index in [-0.39, 0.29) is 16.4 Å². The van der Waals surface area contributed by atoms with Crippen LogP contribution in [0.5, 0.6) is 0 Å². The molecule has 0 bridgehead atoms. The number of hydrogen-bond donors (Lipinski definition) is 0. The van der Waals surface area contributed by atoms with E-state index in [0.29, 0.717) is 16.6 Å². The first-order valence-electron chi connectivity index (χ1n) is 16.1. The number of hydrogen-bond acceptors (Lipinski definition) is 0. The fourth-order valence-electron chi connectivity index (χ4n) is 7.33. The van der Waals surface area contributed by atoms with Crippen LogP contribution in [-0.4, -0.2) is 48.4 Å². The second-order valence-electron chi connectivity index (χ2n) is 12.5. The van der Waals surface area contributed by atoms with Gasteiger partial charge >= 0.3 is 0 Å². The minimum absolute atomic E-state index is 0.197. The summed E-state index contributed by atoms with van der Waals surface area (Å²) in [6, 6.07) is 49.2. The average molecular weight is 610 g/mol. The van der Waals surface area contributed by atoms with Crippen molar-refractivity contribution in [2.75, 3.05) is 0 Å².